The van der Waals surface area contributed by atoms with Gasteiger partial charge in [-0.25, -0.2) is 0 Å². The second kappa shape index (κ2) is 10.0. The van der Waals surface area contributed by atoms with Crippen LogP contribution in [0.4, 0.5) is 0 Å². The molecule has 0 saturated heterocycles. The molecule has 0 spiro atoms. The molecule has 2 aromatic carbocycles. The number of hydrogen-bond acceptors (Lipinski definition) is 5. The molecule has 30 heavy (non-hydrogen) atoms. The average Bonchev–Trinajstić information content (AvgIpc) is 2.69. The third-order valence-corrected chi connectivity index (χ3v) is 4.16. The lowest BCUT2D eigenvalue weighted by atomic mass is 9.86. The molecule has 0 heterocycles. The molecule has 0 atom stereocenters. The lowest BCUT2D eigenvalue weighted by Gasteiger charge is -2.22. The van der Waals surface area contributed by atoms with Crippen molar-refractivity contribution in [1.82, 2.24) is 10.9 Å². The van der Waals surface area contributed by atoms with E-state index in [0.717, 1.165) is 5.56 Å². The number of hydrogen-bond donors (Lipinski definition) is 2. The molecule has 2 amide bonds. The largest absolute Gasteiger partial charge is 0.493 e. The lowest BCUT2D eigenvalue weighted by Crippen LogP contribution is -2.43. The maximum atomic E-state index is 12.3. The topological polar surface area (TPSA) is 85.9 Å². The summed E-state index contributed by atoms with van der Waals surface area (Å²) in [5, 5.41) is 0. The van der Waals surface area contributed by atoms with Crippen molar-refractivity contribution in [2.45, 2.75) is 46.1 Å². The monoisotopic (exact) mass is 414 g/mol. The van der Waals surface area contributed by atoms with E-state index in [2.05, 4.69) is 31.6 Å². The van der Waals surface area contributed by atoms with Gasteiger partial charge in [0.2, 0.25) is 0 Å². The van der Waals surface area contributed by atoms with Gasteiger partial charge in [-0.05, 0) is 49.1 Å². The Morgan fingerprint density at radius 1 is 0.967 bits per heavy atom. The number of amides is 2. The van der Waals surface area contributed by atoms with Gasteiger partial charge in [0.05, 0.1) is 13.2 Å². The van der Waals surface area contributed by atoms with Gasteiger partial charge in [-0.3, -0.25) is 20.4 Å². The summed E-state index contributed by atoms with van der Waals surface area (Å²) in [6, 6.07) is 12.4. The first-order valence-electron chi connectivity index (χ1n) is 9.78. The SMILES string of the molecule is COc1cc(C(=O)NNC(=O)COc2ccccc2C(C)(C)C)ccc1OC(C)C. The number of benzene rings is 2. The highest BCUT2D eigenvalue weighted by atomic mass is 16.5. The summed E-state index contributed by atoms with van der Waals surface area (Å²) >= 11 is 0. The molecular weight excluding hydrogens is 384 g/mol. The maximum absolute atomic E-state index is 12.3. The Hall–Kier alpha value is -3.22. The summed E-state index contributed by atoms with van der Waals surface area (Å²) in [5.41, 5.74) is 5.93. The molecule has 0 aliphatic heterocycles. The first-order valence-corrected chi connectivity index (χ1v) is 9.78. The standard InChI is InChI=1S/C23H30N2O5/c1-15(2)30-19-12-11-16(13-20(19)28-6)22(27)25-24-21(26)14-29-18-10-8-7-9-17(18)23(3,4)5/h7-13,15H,14H2,1-6H3,(H,24,26)(H,25,27). The fourth-order valence-corrected chi connectivity index (χ4v) is 2.75. The van der Waals surface area contributed by atoms with Gasteiger partial charge in [0.15, 0.2) is 18.1 Å². The normalized spacial score (nSPS) is 11.0. The number of nitrogens with one attached hydrogen (secondary N) is 2. The van der Waals surface area contributed by atoms with Crippen molar-refractivity contribution in [3.8, 4) is 17.2 Å². The summed E-state index contributed by atoms with van der Waals surface area (Å²) in [6.45, 7) is 9.79. The number of para-hydroxylation sites is 1. The molecule has 0 radical (unpaired) electrons. The van der Waals surface area contributed by atoms with Gasteiger partial charge in [0, 0.05) is 5.56 Å². The molecule has 162 valence electrons. The molecule has 0 aliphatic rings. The van der Waals surface area contributed by atoms with Crippen LogP contribution in [0.5, 0.6) is 17.2 Å². The van der Waals surface area contributed by atoms with E-state index in [1.165, 1.54) is 7.11 Å². The van der Waals surface area contributed by atoms with Gasteiger partial charge < -0.3 is 14.2 Å². The Morgan fingerprint density at radius 2 is 1.67 bits per heavy atom. The molecule has 7 nitrogen and oxygen atoms in total. The van der Waals surface area contributed by atoms with Crippen molar-refractivity contribution < 1.29 is 23.8 Å². The summed E-state index contributed by atoms with van der Waals surface area (Å²) in [7, 11) is 1.50. The van der Waals surface area contributed by atoms with Crippen molar-refractivity contribution in [3.05, 3.63) is 53.6 Å². The van der Waals surface area contributed by atoms with Crippen LogP contribution in [-0.4, -0.2) is 31.6 Å². The van der Waals surface area contributed by atoms with Crippen LogP contribution in [0, 0.1) is 0 Å². The molecule has 0 aromatic heterocycles. The Kier molecular flexibility index (Phi) is 7.69. The summed E-state index contributed by atoms with van der Waals surface area (Å²) < 4.78 is 16.6. The van der Waals surface area contributed by atoms with Crippen LogP contribution in [0.2, 0.25) is 0 Å². The highest BCUT2D eigenvalue weighted by Gasteiger charge is 2.19. The Labute approximate surface area is 177 Å². The van der Waals surface area contributed by atoms with Crippen molar-refractivity contribution in [1.29, 1.82) is 0 Å². The van der Waals surface area contributed by atoms with Crippen molar-refractivity contribution >= 4 is 11.8 Å². The smallest absolute Gasteiger partial charge is 0.276 e. The number of carbonyl (C=O) groups excluding carboxylic acids is 2. The van der Waals surface area contributed by atoms with Crippen molar-refractivity contribution in [3.63, 3.8) is 0 Å². The van der Waals surface area contributed by atoms with Crippen LogP contribution in [0.1, 0.15) is 50.5 Å². The highest BCUT2D eigenvalue weighted by Crippen LogP contribution is 2.31. The van der Waals surface area contributed by atoms with E-state index in [1.54, 1.807) is 18.2 Å². The number of carbonyl (C=O) groups is 2. The van der Waals surface area contributed by atoms with Crippen LogP contribution >= 0.6 is 0 Å². The Morgan fingerprint density at radius 3 is 2.30 bits per heavy atom. The highest BCUT2D eigenvalue weighted by molar-refractivity contribution is 5.96. The van der Waals surface area contributed by atoms with E-state index in [9.17, 15) is 9.59 Å². The van der Waals surface area contributed by atoms with E-state index in [4.69, 9.17) is 14.2 Å². The van der Waals surface area contributed by atoms with Crippen molar-refractivity contribution in [2.24, 2.45) is 0 Å². The number of methoxy groups -OCH3 is 1. The van der Waals surface area contributed by atoms with E-state index >= 15 is 0 Å². The first kappa shape index (κ1) is 23.1. The minimum atomic E-state index is -0.479. The van der Waals surface area contributed by atoms with Crippen LogP contribution < -0.4 is 25.1 Å². The van der Waals surface area contributed by atoms with Gasteiger partial charge in [0.25, 0.3) is 11.8 Å². The van der Waals surface area contributed by atoms with E-state index in [1.807, 2.05) is 38.1 Å². The minimum Gasteiger partial charge on any atom is -0.493 e. The van der Waals surface area contributed by atoms with E-state index < -0.39 is 11.8 Å². The molecule has 0 fully saturated rings. The molecule has 0 unspecified atom stereocenters. The lowest BCUT2D eigenvalue weighted by molar-refractivity contribution is -0.123. The van der Waals surface area contributed by atoms with Gasteiger partial charge >= 0.3 is 0 Å². The van der Waals surface area contributed by atoms with Gasteiger partial charge in [-0.2, -0.15) is 0 Å². The Balaban J connectivity index is 1.93. The molecular formula is C23H30N2O5. The molecule has 7 heteroatoms. The van der Waals surface area contributed by atoms with Crippen molar-refractivity contribution in [2.75, 3.05) is 13.7 Å². The predicted molar refractivity (Wildman–Crippen MR) is 115 cm³/mol. The molecule has 0 bridgehead atoms. The zero-order valence-corrected chi connectivity index (χ0v) is 18.4. The van der Waals surface area contributed by atoms with Gasteiger partial charge in [-0.15, -0.1) is 0 Å². The molecule has 2 rings (SSSR count). The van der Waals surface area contributed by atoms with Crippen LogP contribution in [0.3, 0.4) is 0 Å². The number of hydrazine groups is 1. The maximum Gasteiger partial charge on any atom is 0.276 e. The molecule has 0 saturated carbocycles. The number of ether oxygens (including phenoxy) is 3. The fourth-order valence-electron chi connectivity index (χ4n) is 2.75. The average molecular weight is 415 g/mol. The third-order valence-electron chi connectivity index (χ3n) is 4.16. The van der Waals surface area contributed by atoms with Gasteiger partial charge in [-0.1, -0.05) is 39.0 Å². The molecule has 2 N–H and O–H groups in total. The van der Waals surface area contributed by atoms with Crippen LogP contribution in [0.15, 0.2) is 42.5 Å². The van der Waals surface area contributed by atoms with E-state index in [-0.39, 0.29) is 18.1 Å². The third kappa shape index (κ3) is 6.40. The molecule has 2 aromatic rings. The van der Waals surface area contributed by atoms with Gasteiger partial charge in [0.1, 0.15) is 5.75 Å². The Bertz CT molecular complexity index is 887. The second-order valence-corrected chi connectivity index (χ2v) is 8.07. The second-order valence-electron chi connectivity index (χ2n) is 8.07. The number of rotatable bonds is 7. The summed E-state index contributed by atoms with van der Waals surface area (Å²) in [4.78, 5) is 24.5. The summed E-state index contributed by atoms with van der Waals surface area (Å²) in [6.07, 6.45) is -0.0266. The van der Waals surface area contributed by atoms with E-state index in [0.29, 0.717) is 22.8 Å². The van der Waals surface area contributed by atoms with Crippen LogP contribution in [-0.2, 0) is 10.2 Å². The quantitative estimate of drug-likeness (QED) is 0.676. The minimum absolute atomic E-state index is 0.0266. The predicted octanol–water partition coefficient (Wildman–Crippen LogP) is 3.62. The zero-order chi connectivity index (χ0) is 22.3. The fraction of sp³-hybridized carbons (Fsp3) is 0.391. The summed E-state index contributed by atoms with van der Waals surface area (Å²) in [5.74, 6) is 0.660. The first-order chi connectivity index (χ1) is 14.1. The zero-order valence-electron chi connectivity index (χ0n) is 18.4. The van der Waals surface area contributed by atoms with Crippen LogP contribution in [0.25, 0.3) is 0 Å². The molecule has 0 aliphatic carbocycles.